The van der Waals surface area contributed by atoms with E-state index >= 15 is 0 Å². The second kappa shape index (κ2) is 9.29. The normalized spacial score (nSPS) is 16.6. The Morgan fingerprint density at radius 1 is 1.20 bits per heavy atom. The quantitative estimate of drug-likeness (QED) is 0.750. The van der Waals surface area contributed by atoms with Gasteiger partial charge in [0.05, 0.1) is 12.7 Å². The van der Waals surface area contributed by atoms with Crippen molar-refractivity contribution in [3.63, 3.8) is 0 Å². The number of carbonyl (C=O) groups is 1. The lowest BCUT2D eigenvalue weighted by Crippen LogP contribution is -2.44. The molecule has 140 valence electrons. The number of halogens is 1. The van der Waals surface area contributed by atoms with Gasteiger partial charge in [0.25, 0.3) is 0 Å². The lowest BCUT2D eigenvalue weighted by Gasteiger charge is -2.29. The zero-order chi connectivity index (χ0) is 18.3. The Balaban J connectivity index is 1.88. The van der Waals surface area contributed by atoms with E-state index in [0.717, 1.165) is 38.5 Å². The van der Waals surface area contributed by atoms with E-state index in [1.54, 1.807) is 18.2 Å². The van der Waals surface area contributed by atoms with Crippen LogP contribution < -0.4 is 5.32 Å². The van der Waals surface area contributed by atoms with Gasteiger partial charge in [-0.2, -0.15) is 4.31 Å². The molecule has 1 N–H and O–H groups in total. The third-order valence-electron chi connectivity index (χ3n) is 4.62. The molecule has 0 heterocycles. The van der Waals surface area contributed by atoms with Gasteiger partial charge >= 0.3 is 0 Å². The van der Waals surface area contributed by atoms with Gasteiger partial charge in [-0.25, -0.2) is 12.8 Å². The monoisotopic (exact) mass is 370 g/mol. The van der Waals surface area contributed by atoms with Gasteiger partial charge in [0.15, 0.2) is 0 Å². The minimum atomic E-state index is -3.32. The number of carbonyl (C=O) groups excluding carboxylic acids is 1. The average Bonchev–Trinajstić information content (AvgIpc) is 2.81. The number of nitrogens with one attached hydrogen (secondary N) is 1. The third-order valence-corrected chi connectivity index (χ3v) is 5.95. The second-order valence-corrected chi connectivity index (χ2v) is 8.57. The van der Waals surface area contributed by atoms with Crippen molar-refractivity contribution in [2.24, 2.45) is 0 Å². The molecule has 1 fully saturated rings. The Labute approximate surface area is 149 Å². The van der Waals surface area contributed by atoms with E-state index in [-0.39, 0.29) is 31.5 Å². The molecule has 0 atom stereocenters. The fourth-order valence-corrected chi connectivity index (χ4v) is 4.52. The summed E-state index contributed by atoms with van der Waals surface area (Å²) in [7, 11) is -3.32. The molecule has 25 heavy (non-hydrogen) atoms. The maximum atomic E-state index is 13.6. The van der Waals surface area contributed by atoms with Gasteiger partial charge in [-0.05, 0) is 24.5 Å². The van der Waals surface area contributed by atoms with E-state index in [2.05, 4.69) is 5.32 Å². The number of amides is 1. The second-order valence-electron chi connectivity index (χ2n) is 6.64. The molecule has 7 heteroatoms. The maximum absolute atomic E-state index is 13.6. The summed E-state index contributed by atoms with van der Waals surface area (Å²) in [5, 5.41) is 2.70. The summed E-state index contributed by atoms with van der Waals surface area (Å²) in [6, 6.07) is 6.17. The molecule has 0 unspecified atom stereocenters. The molecule has 0 aromatic heterocycles. The SMILES string of the molecule is CS(=O)(=O)N(CCNC(=O)Cc1ccccc1F)C1CCCCCC1. The van der Waals surface area contributed by atoms with E-state index < -0.39 is 15.8 Å². The minimum Gasteiger partial charge on any atom is -0.354 e. The van der Waals surface area contributed by atoms with Crippen LogP contribution in [-0.2, 0) is 21.2 Å². The van der Waals surface area contributed by atoms with Gasteiger partial charge in [0.2, 0.25) is 15.9 Å². The van der Waals surface area contributed by atoms with Crippen LogP contribution in [0.1, 0.15) is 44.1 Å². The predicted octanol–water partition coefficient (Wildman–Crippen LogP) is 2.47. The minimum absolute atomic E-state index is 0.0148. The molecule has 2 rings (SSSR count). The van der Waals surface area contributed by atoms with Crippen LogP contribution in [0, 0.1) is 5.82 Å². The van der Waals surface area contributed by atoms with E-state index in [1.807, 2.05) is 0 Å². The number of nitrogens with zero attached hydrogens (tertiary/aromatic N) is 1. The summed E-state index contributed by atoms with van der Waals surface area (Å²) < 4.78 is 39.3. The molecule has 0 aliphatic heterocycles. The molecule has 5 nitrogen and oxygen atoms in total. The summed E-state index contributed by atoms with van der Waals surface area (Å²) in [6.07, 6.45) is 7.29. The highest BCUT2D eigenvalue weighted by Gasteiger charge is 2.27. The predicted molar refractivity (Wildman–Crippen MR) is 96.2 cm³/mol. The highest BCUT2D eigenvalue weighted by atomic mass is 32.2. The van der Waals surface area contributed by atoms with Crippen molar-refractivity contribution in [3.8, 4) is 0 Å². The van der Waals surface area contributed by atoms with Crippen LogP contribution in [0.2, 0.25) is 0 Å². The third kappa shape index (κ3) is 6.40. The van der Waals surface area contributed by atoms with Crippen LogP contribution in [0.15, 0.2) is 24.3 Å². The molecule has 1 aliphatic carbocycles. The highest BCUT2D eigenvalue weighted by Crippen LogP contribution is 2.23. The number of hydrogen-bond acceptors (Lipinski definition) is 3. The first-order valence-corrected chi connectivity index (χ1v) is 10.7. The molecule has 1 aromatic rings. The average molecular weight is 370 g/mol. The fourth-order valence-electron chi connectivity index (χ4n) is 3.35. The number of hydrogen-bond donors (Lipinski definition) is 1. The number of sulfonamides is 1. The first-order valence-electron chi connectivity index (χ1n) is 8.85. The molecular formula is C18H27FN2O3S. The van der Waals surface area contributed by atoms with Crippen molar-refractivity contribution < 1.29 is 17.6 Å². The van der Waals surface area contributed by atoms with Crippen LogP contribution in [0.25, 0.3) is 0 Å². The van der Waals surface area contributed by atoms with Crippen LogP contribution in [0.5, 0.6) is 0 Å². The smallest absolute Gasteiger partial charge is 0.224 e. The highest BCUT2D eigenvalue weighted by molar-refractivity contribution is 7.88. The van der Waals surface area contributed by atoms with Crippen molar-refractivity contribution in [2.45, 2.75) is 51.0 Å². The molecule has 1 saturated carbocycles. The largest absolute Gasteiger partial charge is 0.354 e. The first-order chi connectivity index (χ1) is 11.9. The van der Waals surface area contributed by atoms with E-state index in [1.165, 1.54) is 16.6 Å². The van der Waals surface area contributed by atoms with Crippen LogP contribution in [0.3, 0.4) is 0 Å². The lowest BCUT2D eigenvalue weighted by molar-refractivity contribution is -0.120. The zero-order valence-electron chi connectivity index (χ0n) is 14.7. The standard InChI is InChI=1S/C18H27FN2O3S/c1-25(23,24)21(16-9-4-2-3-5-10-16)13-12-20-18(22)14-15-8-6-7-11-17(15)19/h6-8,11,16H,2-5,9-10,12-14H2,1H3,(H,20,22). The molecule has 1 aromatic carbocycles. The van der Waals surface area contributed by atoms with E-state index in [9.17, 15) is 17.6 Å². The van der Waals surface area contributed by atoms with Gasteiger partial charge in [0, 0.05) is 19.1 Å². The molecule has 0 spiro atoms. The maximum Gasteiger partial charge on any atom is 0.224 e. The van der Waals surface area contributed by atoms with Crippen molar-refractivity contribution in [1.29, 1.82) is 0 Å². The van der Waals surface area contributed by atoms with Crippen LogP contribution >= 0.6 is 0 Å². The molecule has 0 bridgehead atoms. The number of benzene rings is 1. The van der Waals surface area contributed by atoms with Crippen molar-refractivity contribution in [3.05, 3.63) is 35.6 Å². The van der Waals surface area contributed by atoms with Gasteiger partial charge in [0.1, 0.15) is 5.82 Å². The Hall–Kier alpha value is -1.47. The Bertz CT molecular complexity index is 671. The molecule has 0 radical (unpaired) electrons. The Kier molecular flexibility index (Phi) is 7.38. The van der Waals surface area contributed by atoms with Crippen molar-refractivity contribution >= 4 is 15.9 Å². The zero-order valence-corrected chi connectivity index (χ0v) is 15.5. The Morgan fingerprint density at radius 2 is 1.84 bits per heavy atom. The van der Waals surface area contributed by atoms with Gasteiger partial charge in [-0.15, -0.1) is 0 Å². The van der Waals surface area contributed by atoms with Crippen LogP contribution in [0.4, 0.5) is 4.39 Å². The molecule has 0 saturated heterocycles. The first kappa shape index (κ1) is 19.8. The van der Waals surface area contributed by atoms with Crippen molar-refractivity contribution in [1.82, 2.24) is 9.62 Å². The Morgan fingerprint density at radius 3 is 2.44 bits per heavy atom. The lowest BCUT2D eigenvalue weighted by atomic mass is 10.1. The van der Waals surface area contributed by atoms with Gasteiger partial charge in [-0.3, -0.25) is 4.79 Å². The molecular weight excluding hydrogens is 343 g/mol. The molecule has 1 aliphatic rings. The van der Waals surface area contributed by atoms with Crippen molar-refractivity contribution in [2.75, 3.05) is 19.3 Å². The summed E-state index contributed by atoms with van der Waals surface area (Å²) in [4.78, 5) is 12.0. The summed E-state index contributed by atoms with van der Waals surface area (Å²) in [5.41, 5.74) is 0.337. The summed E-state index contributed by atoms with van der Waals surface area (Å²) >= 11 is 0. The fraction of sp³-hybridized carbons (Fsp3) is 0.611. The molecule has 1 amide bonds. The summed E-state index contributed by atoms with van der Waals surface area (Å²) in [5.74, 6) is -0.715. The van der Waals surface area contributed by atoms with Gasteiger partial charge in [-0.1, -0.05) is 43.9 Å². The van der Waals surface area contributed by atoms with E-state index in [4.69, 9.17) is 0 Å². The van der Waals surface area contributed by atoms with E-state index in [0.29, 0.717) is 5.56 Å². The summed E-state index contributed by atoms with van der Waals surface area (Å²) in [6.45, 7) is 0.489. The topological polar surface area (TPSA) is 66.5 Å². The number of rotatable bonds is 7. The van der Waals surface area contributed by atoms with Gasteiger partial charge < -0.3 is 5.32 Å². The van der Waals surface area contributed by atoms with Crippen LogP contribution in [-0.4, -0.2) is 44.0 Å².